The fourth-order valence-corrected chi connectivity index (χ4v) is 1.20. The first-order valence-electron chi connectivity index (χ1n) is 3.05. The molecule has 72 valence electrons. The Hall–Kier alpha value is -0.730. The van der Waals surface area contributed by atoms with Crippen molar-refractivity contribution in [3.63, 3.8) is 0 Å². The lowest BCUT2D eigenvalue weighted by molar-refractivity contribution is -0.275. The average Bonchev–Trinajstić information content (AvgIpc) is 1.93. The van der Waals surface area contributed by atoms with Crippen LogP contribution in [0.2, 0.25) is 0 Å². The molecule has 0 spiro atoms. The fraction of sp³-hybridized carbons (Fsp3) is 0.167. The molecule has 0 aliphatic carbocycles. The van der Waals surface area contributed by atoms with Crippen LogP contribution in [0.1, 0.15) is 0 Å². The second-order valence-electron chi connectivity index (χ2n) is 2.09. The van der Waals surface area contributed by atoms with Gasteiger partial charge < -0.3 is 10.5 Å². The lowest BCUT2D eigenvalue weighted by Gasteiger charge is -2.09. The van der Waals surface area contributed by atoms with Crippen molar-refractivity contribution in [1.82, 2.24) is 4.98 Å². The predicted molar refractivity (Wildman–Crippen MR) is 48.0 cm³/mol. The minimum absolute atomic E-state index is 0.152. The number of alkyl halides is 3. The quantitative estimate of drug-likeness (QED) is 0.809. The van der Waals surface area contributed by atoms with E-state index in [-0.39, 0.29) is 15.1 Å². The summed E-state index contributed by atoms with van der Waals surface area (Å²) in [6.45, 7) is 0. The molecule has 3 nitrogen and oxygen atoms in total. The largest absolute Gasteiger partial charge is 0.573 e. The summed E-state index contributed by atoms with van der Waals surface area (Å²) in [5.41, 5.74) is 5.24. The van der Waals surface area contributed by atoms with Crippen molar-refractivity contribution in [2.24, 2.45) is 0 Å². The van der Waals surface area contributed by atoms with Crippen molar-refractivity contribution in [2.75, 3.05) is 5.73 Å². The van der Waals surface area contributed by atoms with Crippen LogP contribution >= 0.6 is 22.6 Å². The zero-order valence-corrected chi connectivity index (χ0v) is 8.26. The summed E-state index contributed by atoms with van der Waals surface area (Å²) in [5, 5.41) is 0. The molecule has 0 fully saturated rings. The van der Waals surface area contributed by atoms with Crippen LogP contribution in [0.25, 0.3) is 0 Å². The maximum atomic E-state index is 11.7. The summed E-state index contributed by atoms with van der Waals surface area (Å²) in [4.78, 5) is 3.47. The first kappa shape index (κ1) is 10.4. The minimum Gasteiger partial charge on any atom is -0.403 e. The van der Waals surface area contributed by atoms with Gasteiger partial charge in [0.1, 0.15) is 5.82 Å². The van der Waals surface area contributed by atoms with E-state index >= 15 is 0 Å². The molecule has 1 aromatic rings. The van der Waals surface area contributed by atoms with E-state index in [0.29, 0.717) is 0 Å². The highest BCUT2D eigenvalue weighted by atomic mass is 127. The van der Waals surface area contributed by atoms with Crippen molar-refractivity contribution in [2.45, 2.75) is 6.36 Å². The van der Waals surface area contributed by atoms with Gasteiger partial charge in [0.2, 0.25) is 0 Å². The maximum absolute atomic E-state index is 11.7. The lowest BCUT2D eigenvalue weighted by Crippen LogP contribution is -2.18. The van der Waals surface area contributed by atoms with Gasteiger partial charge in [-0.25, -0.2) is 4.98 Å². The van der Waals surface area contributed by atoms with Gasteiger partial charge >= 0.3 is 6.36 Å². The van der Waals surface area contributed by atoms with Crippen molar-refractivity contribution in [3.05, 3.63) is 15.8 Å². The molecular weight excluding hydrogens is 300 g/mol. The van der Waals surface area contributed by atoms with Crippen molar-refractivity contribution in [1.29, 1.82) is 0 Å². The van der Waals surface area contributed by atoms with Gasteiger partial charge in [-0.2, -0.15) is 0 Å². The van der Waals surface area contributed by atoms with Crippen molar-refractivity contribution >= 4 is 28.4 Å². The number of hydrogen-bond donors (Lipinski definition) is 1. The number of ether oxygens (including phenoxy) is 1. The normalized spacial score (nSPS) is 11.4. The third kappa shape index (κ3) is 3.25. The van der Waals surface area contributed by atoms with Gasteiger partial charge in [0.05, 0.1) is 9.77 Å². The molecule has 0 amide bonds. The first-order valence-corrected chi connectivity index (χ1v) is 4.13. The Morgan fingerprint density at radius 2 is 2.08 bits per heavy atom. The van der Waals surface area contributed by atoms with Crippen molar-refractivity contribution < 1.29 is 17.9 Å². The van der Waals surface area contributed by atoms with Crippen LogP contribution < -0.4 is 10.5 Å². The fourth-order valence-electron chi connectivity index (χ4n) is 0.633. The molecule has 0 unspecified atom stereocenters. The number of nitrogen functional groups attached to an aromatic ring is 1. The Morgan fingerprint density at radius 1 is 1.46 bits per heavy atom. The smallest absolute Gasteiger partial charge is 0.403 e. The molecule has 0 saturated heterocycles. The Labute approximate surface area is 85.2 Å². The molecule has 1 rings (SSSR count). The second kappa shape index (κ2) is 3.56. The number of anilines is 1. The molecule has 13 heavy (non-hydrogen) atoms. The summed E-state index contributed by atoms with van der Waals surface area (Å²) in [5.74, 6) is -0.193. The third-order valence-electron chi connectivity index (χ3n) is 1.07. The van der Waals surface area contributed by atoms with Crippen LogP contribution in [0.15, 0.2) is 12.3 Å². The second-order valence-corrected chi connectivity index (χ2v) is 3.25. The molecule has 7 heteroatoms. The SMILES string of the molecule is Nc1cc(I)c(OC(F)(F)F)cn1. The zero-order chi connectivity index (χ0) is 10.1. The lowest BCUT2D eigenvalue weighted by atomic mass is 10.4. The number of hydrogen-bond acceptors (Lipinski definition) is 3. The summed E-state index contributed by atoms with van der Waals surface area (Å²) in [7, 11) is 0. The number of nitrogens with zero attached hydrogens (tertiary/aromatic N) is 1. The number of aromatic nitrogens is 1. The van der Waals surface area contributed by atoms with Crippen LogP contribution in [0, 0.1) is 3.57 Å². The van der Waals surface area contributed by atoms with Crippen LogP contribution in [-0.2, 0) is 0 Å². The minimum atomic E-state index is -4.70. The molecule has 0 atom stereocenters. The van der Waals surface area contributed by atoms with E-state index in [9.17, 15) is 13.2 Å². The Bertz CT molecular complexity index is 315. The highest BCUT2D eigenvalue weighted by Gasteiger charge is 2.32. The maximum Gasteiger partial charge on any atom is 0.573 e. The molecular formula is C6H4F3IN2O. The van der Waals surface area contributed by atoms with Gasteiger partial charge in [0.25, 0.3) is 0 Å². The number of rotatable bonds is 1. The summed E-state index contributed by atoms with van der Waals surface area (Å²) in [6, 6.07) is 1.29. The summed E-state index contributed by atoms with van der Waals surface area (Å²) >= 11 is 1.68. The Kier molecular flexibility index (Phi) is 2.84. The molecule has 0 aliphatic rings. The van der Waals surface area contributed by atoms with Gasteiger partial charge in [-0.1, -0.05) is 0 Å². The van der Waals surface area contributed by atoms with E-state index in [0.717, 1.165) is 6.20 Å². The van der Waals surface area contributed by atoms with E-state index in [1.54, 1.807) is 22.6 Å². The molecule has 0 radical (unpaired) electrons. The molecule has 0 aromatic carbocycles. The van der Waals surface area contributed by atoms with Gasteiger partial charge in [0, 0.05) is 0 Å². The molecule has 1 heterocycles. The van der Waals surface area contributed by atoms with Gasteiger partial charge in [-0.05, 0) is 28.7 Å². The van der Waals surface area contributed by atoms with Gasteiger partial charge in [-0.3, -0.25) is 0 Å². The highest BCUT2D eigenvalue weighted by Crippen LogP contribution is 2.27. The number of halogens is 4. The summed E-state index contributed by atoms with van der Waals surface area (Å²) < 4.78 is 39.1. The van der Waals surface area contributed by atoms with Crippen molar-refractivity contribution in [3.8, 4) is 5.75 Å². The molecule has 2 N–H and O–H groups in total. The standard InChI is InChI=1S/C6H4F3IN2O/c7-6(8,9)13-4-2-12-5(11)1-3(4)10/h1-2H,(H2,11,12). The Balaban J connectivity index is 2.90. The van der Waals surface area contributed by atoms with E-state index in [1.165, 1.54) is 6.07 Å². The topological polar surface area (TPSA) is 48.1 Å². The van der Waals surface area contributed by atoms with Crippen LogP contribution in [-0.4, -0.2) is 11.3 Å². The summed E-state index contributed by atoms with van der Waals surface area (Å²) in [6.07, 6.45) is -3.76. The number of pyridine rings is 1. The van der Waals surface area contributed by atoms with Crippen LogP contribution in [0.4, 0.5) is 19.0 Å². The number of nitrogens with two attached hydrogens (primary N) is 1. The van der Waals surface area contributed by atoms with E-state index < -0.39 is 6.36 Å². The van der Waals surface area contributed by atoms with Gasteiger partial charge in [0.15, 0.2) is 5.75 Å². The van der Waals surface area contributed by atoms with E-state index in [1.807, 2.05) is 0 Å². The molecule has 0 aliphatic heterocycles. The third-order valence-corrected chi connectivity index (χ3v) is 1.91. The van der Waals surface area contributed by atoms with Gasteiger partial charge in [-0.15, -0.1) is 13.2 Å². The van der Waals surface area contributed by atoms with E-state index in [2.05, 4.69) is 9.72 Å². The predicted octanol–water partition coefficient (Wildman–Crippen LogP) is 2.17. The first-order chi connectivity index (χ1) is 5.88. The van der Waals surface area contributed by atoms with Crippen LogP contribution in [0.3, 0.4) is 0 Å². The van der Waals surface area contributed by atoms with E-state index in [4.69, 9.17) is 5.73 Å². The average molecular weight is 304 g/mol. The molecule has 0 saturated carbocycles. The monoisotopic (exact) mass is 304 g/mol. The zero-order valence-electron chi connectivity index (χ0n) is 6.10. The molecule has 1 aromatic heterocycles. The molecule has 0 bridgehead atoms. The van der Waals surface area contributed by atoms with Crippen LogP contribution in [0.5, 0.6) is 5.75 Å². The highest BCUT2D eigenvalue weighted by molar-refractivity contribution is 14.1. The Morgan fingerprint density at radius 3 is 2.54 bits per heavy atom.